The van der Waals surface area contributed by atoms with E-state index in [2.05, 4.69) is 19.9 Å². The molecule has 0 spiro atoms. The molecule has 2 unspecified atom stereocenters. The lowest BCUT2D eigenvalue weighted by atomic mass is 10.1. The summed E-state index contributed by atoms with van der Waals surface area (Å²) in [5.41, 5.74) is 6.11. The highest BCUT2D eigenvalue weighted by molar-refractivity contribution is 7.84. The fourth-order valence-electron chi connectivity index (χ4n) is 7.71. The lowest BCUT2D eigenvalue weighted by Crippen LogP contribution is -2.36. The number of benzene rings is 2. The Bertz CT molecular complexity index is 2680. The number of aryl methyl sites for hydroxylation is 2. The van der Waals surface area contributed by atoms with Crippen molar-refractivity contribution < 1.29 is 51.2 Å². The molecule has 0 aliphatic carbocycles. The SMILES string of the molecule is CCN(CCOC(=O)OCCN(CC)CC(=O)n1c(S(=O)Cc2ncc(C)c(OC)c2C)nc2cc(OC)ccc21)CC(=O)n1c(S(=O)Cc2ncc(C)c(OC)c2C)nc2cc(OC)ccc21. The van der Waals surface area contributed by atoms with Crippen molar-refractivity contribution in [2.75, 3.05) is 80.9 Å². The minimum atomic E-state index is -1.78. The number of imidazole rings is 2. The number of pyridine rings is 2. The average Bonchev–Trinajstić information content (AvgIpc) is 3.92. The Labute approximate surface area is 400 Å². The van der Waals surface area contributed by atoms with Gasteiger partial charge in [0.05, 0.1) is 108 Å². The molecule has 2 aromatic carbocycles. The molecular formula is C47H58N8O11S2. The molecule has 0 bridgehead atoms. The summed E-state index contributed by atoms with van der Waals surface area (Å²) in [6.07, 6.45) is 2.41. The molecule has 2 atom stereocenters. The Morgan fingerprint density at radius 3 is 1.35 bits per heavy atom. The highest BCUT2D eigenvalue weighted by atomic mass is 32.2. The van der Waals surface area contributed by atoms with E-state index >= 15 is 0 Å². The molecule has 0 radical (unpaired) electrons. The number of ether oxygens (including phenoxy) is 6. The van der Waals surface area contributed by atoms with Gasteiger partial charge >= 0.3 is 6.16 Å². The summed E-state index contributed by atoms with van der Waals surface area (Å²) in [5, 5.41) is 0.138. The lowest BCUT2D eigenvalue weighted by molar-refractivity contribution is 0.0415. The normalized spacial score (nSPS) is 12.4. The maximum Gasteiger partial charge on any atom is 0.508 e. The summed E-state index contributed by atoms with van der Waals surface area (Å²) in [6, 6.07) is 10.2. The van der Waals surface area contributed by atoms with Crippen molar-refractivity contribution in [3.63, 3.8) is 0 Å². The fourth-order valence-corrected chi connectivity index (χ4v) is 10.3. The van der Waals surface area contributed by atoms with E-state index < -0.39 is 27.8 Å². The number of methoxy groups -OCH3 is 4. The van der Waals surface area contributed by atoms with Gasteiger partial charge in [-0.05, 0) is 65.0 Å². The molecular weight excluding hydrogens is 917 g/mol. The third kappa shape index (κ3) is 11.5. The van der Waals surface area contributed by atoms with Crippen LogP contribution in [0.25, 0.3) is 22.1 Å². The van der Waals surface area contributed by atoms with Crippen LogP contribution in [0.2, 0.25) is 0 Å². The second-order valence-electron chi connectivity index (χ2n) is 15.7. The Morgan fingerprint density at radius 1 is 0.603 bits per heavy atom. The number of aromatic nitrogens is 6. The van der Waals surface area contributed by atoms with Crippen LogP contribution in [0.3, 0.4) is 0 Å². The Kier molecular flexibility index (Phi) is 17.4. The molecule has 19 nitrogen and oxygen atoms in total. The third-order valence-corrected chi connectivity index (χ3v) is 13.9. The van der Waals surface area contributed by atoms with Gasteiger partial charge in [-0.1, -0.05) is 13.8 Å². The van der Waals surface area contributed by atoms with E-state index in [1.54, 1.807) is 72.8 Å². The van der Waals surface area contributed by atoms with Crippen LogP contribution < -0.4 is 18.9 Å². The smallest absolute Gasteiger partial charge is 0.497 e. The van der Waals surface area contributed by atoms with Crippen LogP contribution in [0.4, 0.5) is 4.79 Å². The maximum atomic E-state index is 14.1. The van der Waals surface area contributed by atoms with Gasteiger partial charge in [-0.2, -0.15) is 0 Å². The van der Waals surface area contributed by atoms with E-state index in [0.29, 0.717) is 69.5 Å². The predicted octanol–water partition coefficient (Wildman–Crippen LogP) is 5.84. The third-order valence-electron chi connectivity index (χ3n) is 11.5. The van der Waals surface area contributed by atoms with Crippen LogP contribution in [0.1, 0.15) is 57.1 Å². The zero-order chi connectivity index (χ0) is 49.2. The first-order valence-electron chi connectivity index (χ1n) is 21.8. The number of rotatable bonds is 22. The van der Waals surface area contributed by atoms with Crippen LogP contribution >= 0.6 is 0 Å². The molecule has 0 aliphatic heterocycles. The van der Waals surface area contributed by atoms with Gasteiger partial charge in [0, 0.05) is 59.9 Å². The van der Waals surface area contributed by atoms with Gasteiger partial charge in [-0.3, -0.25) is 46.9 Å². The molecule has 0 aliphatic rings. The van der Waals surface area contributed by atoms with Crippen LogP contribution in [-0.2, 0) is 42.6 Å². The highest BCUT2D eigenvalue weighted by Crippen LogP contribution is 2.30. The van der Waals surface area contributed by atoms with E-state index in [1.165, 1.54) is 23.4 Å². The predicted molar refractivity (Wildman–Crippen MR) is 256 cm³/mol. The van der Waals surface area contributed by atoms with Gasteiger partial charge in [0.25, 0.3) is 0 Å². The first-order valence-corrected chi connectivity index (χ1v) is 24.5. The number of nitrogens with zero attached hydrogens (tertiary/aromatic N) is 8. The number of hydrogen-bond donors (Lipinski definition) is 0. The van der Waals surface area contributed by atoms with Gasteiger partial charge in [-0.25, -0.2) is 14.8 Å². The van der Waals surface area contributed by atoms with E-state index in [0.717, 1.165) is 22.3 Å². The number of carbonyl (C=O) groups is 3. The van der Waals surface area contributed by atoms with E-state index in [9.17, 15) is 22.8 Å². The molecule has 364 valence electrons. The van der Waals surface area contributed by atoms with Gasteiger partial charge in [0.2, 0.25) is 22.1 Å². The van der Waals surface area contributed by atoms with Crippen LogP contribution in [0, 0.1) is 27.7 Å². The van der Waals surface area contributed by atoms with Crippen LogP contribution in [0.5, 0.6) is 23.0 Å². The molecule has 0 saturated heterocycles. The van der Waals surface area contributed by atoms with Crippen LogP contribution in [-0.4, -0.2) is 146 Å². The van der Waals surface area contributed by atoms with Crippen molar-refractivity contribution in [2.45, 2.75) is 63.4 Å². The summed E-state index contributed by atoms with van der Waals surface area (Å²) >= 11 is 0. The summed E-state index contributed by atoms with van der Waals surface area (Å²) in [7, 11) is 2.62. The van der Waals surface area contributed by atoms with Gasteiger partial charge in [-0.15, -0.1) is 0 Å². The monoisotopic (exact) mass is 974 g/mol. The summed E-state index contributed by atoms with van der Waals surface area (Å²) in [4.78, 5) is 62.7. The maximum absolute atomic E-state index is 14.1. The molecule has 4 heterocycles. The van der Waals surface area contributed by atoms with Gasteiger partial charge < -0.3 is 28.4 Å². The Morgan fingerprint density at radius 2 is 1.00 bits per heavy atom. The lowest BCUT2D eigenvalue weighted by Gasteiger charge is -2.21. The average molecular weight is 975 g/mol. The second-order valence-corrected chi connectivity index (χ2v) is 18.4. The summed E-state index contributed by atoms with van der Waals surface area (Å²) in [5.74, 6) is 1.59. The molecule has 6 aromatic rings. The van der Waals surface area contributed by atoms with Crippen molar-refractivity contribution in [1.82, 2.24) is 38.9 Å². The number of fused-ring (bicyclic) bond motifs is 2. The fraction of sp³-hybridized carbons (Fsp3) is 0.426. The Balaban J connectivity index is 1.06. The van der Waals surface area contributed by atoms with E-state index in [1.807, 2.05) is 41.5 Å². The van der Waals surface area contributed by atoms with Crippen molar-refractivity contribution in [2.24, 2.45) is 0 Å². The zero-order valence-electron chi connectivity index (χ0n) is 40.1. The zero-order valence-corrected chi connectivity index (χ0v) is 41.7. The Hall–Kier alpha value is -6.29. The van der Waals surface area contributed by atoms with Crippen molar-refractivity contribution in [1.29, 1.82) is 0 Å². The van der Waals surface area contributed by atoms with Crippen molar-refractivity contribution in [3.05, 3.63) is 82.4 Å². The van der Waals surface area contributed by atoms with Crippen molar-refractivity contribution >= 4 is 61.6 Å². The number of carbonyl (C=O) groups excluding carboxylic acids is 3. The molecule has 68 heavy (non-hydrogen) atoms. The molecule has 4 aromatic heterocycles. The topological polar surface area (TPSA) is 209 Å². The molecule has 0 N–H and O–H groups in total. The summed E-state index contributed by atoms with van der Waals surface area (Å²) in [6.45, 7) is 12.1. The van der Waals surface area contributed by atoms with Crippen molar-refractivity contribution in [3.8, 4) is 23.0 Å². The van der Waals surface area contributed by atoms with E-state index in [4.69, 9.17) is 28.4 Å². The minimum Gasteiger partial charge on any atom is -0.497 e. The summed E-state index contributed by atoms with van der Waals surface area (Å²) < 4.78 is 63.3. The van der Waals surface area contributed by atoms with Gasteiger partial charge in [0.1, 0.15) is 36.2 Å². The molecule has 0 fully saturated rings. The molecule has 6 rings (SSSR count). The minimum absolute atomic E-state index is 0.000288. The molecule has 0 saturated carbocycles. The van der Waals surface area contributed by atoms with E-state index in [-0.39, 0.29) is 73.0 Å². The standard InChI is InChI=1S/C47H58N8O11S2/c1-11-52(25-41(56)54-39-15-13-33(61-7)21-35(39)50-45(54)67(59)27-37-31(5)43(63-9)29(3)23-48-37)17-19-65-47(58)66-20-18-53(12-2)26-42(57)55-40-16-14-34(62-8)22-36(40)51-46(55)68(60)28-38-32(6)44(64-10)30(4)24-49-38/h13-16,21-24H,11-12,17-20,25-28H2,1-10H3. The highest BCUT2D eigenvalue weighted by Gasteiger charge is 2.27. The number of hydrogen-bond acceptors (Lipinski definition) is 17. The molecule has 21 heteroatoms. The van der Waals surface area contributed by atoms with Crippen LogP contribution in [0.15, 0.2) is 59.1 Å². The largest absolute Gasteiger partial charge is 0.508 e. The quantitative estimate of drug-likeness (QED) is 0.0732. The first-order chi connectivity index (χ1) is 32.7. The number of likely N-dealkylation sites (N-methyl/N-ethyl adjacent to an activating group) is 2. The second kappa shape index (κ2) is 23.1. The van der Waals surface area contributed by atoms with Gasteiger partial charge in [0.15, 0.2) is 0 Å². The first kappa shape index (κ1) is 51.1. The molecule has 0 amide bonds.